The van der Waals surface area contributed by atoms with E-state index in [-0.39, 0.29) is 12.0 Å². The summed E-state index contributed by atoms with van der Waals surface area (Å²) in [6.45, 7) is 4.65. The van der Waals surface area contributed by atoms with Crippen molar-refractivity contribution in [2.24, 2.45) is 7.05 Å². The molecule has 1 aliphatic heterocycles. The van der Waals surface area contributed by atoms with Crippen LogP contribution in [-0.4, -0.2) is 67.9 Å². The molecule has 200 valence electrons. The third kappa shape index (κ3) is 3.94. The van der Waals surface area contributed by atoms with Crippen LogP contribution in [0.3, 0.4) is 0 Å². The van der Waals surface area contributed by atoms with Gasteiger partial charge in [0, 0.05) is 62.7 Å². The van der Waals surface area contributed by atoms with Crippen molar-refractivity contribution < 1.29 is 14.3 Å². The summed E-state index contributed by atoms with van der Waals surface area (Å²) in [6.07, 6.45) is 6.97. The Morgan fingerprint density at radius 2 is 1.97 bits per heavy atom. The van der Waals surface area contributed by atoms with Gasteiger partial charge in [0.1, 0.15) is 17.5 Å². The largest absolute Gasteiger partial charge is 0.496 e. The molecule has 1 fully saturated rings. The number of nitrogens with zero attached hydrogens (tertiary/aromatic N) is 7. The lowest BCUT2D eigenvalue weighted by Crippen LogP contribution is -2.24. The van der Waals surface area contributed by atoms with Crippen LogP contribution in [0, 0.1) is 13.8 Å². The first-order chi connectivity index (χ1) is 18.8. The van der Waals surface area contributed by atoms with Crippen LogP contribution in [0.15, 0.2) is 36.8 Å². The molecule has 0 aliphatic carbocycles. The molecule has 6 rings (SSSR count). The van der Waals surface area contributed by atoms with Crippen molar-refractivity contribution in [3.63, 3.8) is 0 Å². The second-order valence-corrected chi connectivity index (χ2v) is 10.2. The lowest BCUT2D eigenvalue weighted by Gasteiger charge is -2.14. The van der Waals surface area contributed by atoms with Gasteiger partial charge in [-0.3, -0.25) is 14.8 Å². The molecule has 1 unspecified atom stereocenters. The molecule has 5 aromatic heterocycles. The maximum atomic E-state index is 13.2. The van der Waals surface area contributed by atoms with E-state index in [1.165, 1.54) is 0 Å². The number of aryl methyl sites for hydroxylation is 3. The monoisotopic (exact) mass is 525 g/mol. The summed E-state index contributed by atoms with van der Waals surface area (Å²) in [5.41, 5.74) is 6.55. The van der Waals surface area contributed by atoms with Crippen molar-refractivity contribution in [2.75, 3.05) is 27.8 Å². The van der Waals surface area contributed by atoms with E-state index in [1.807, 2.05) is 54.5 Å². The summed E-state index contributed by atoms with van der Waals surface area (Å²) >= 11 is 0. The zero-order valence-electron chi connectivity index (χ0n) is 23.0. The first-order valence-corrected chi connectivity index (χ1v) is 13.0. The number of methoxy groups -OCH3 is 1. The van der Waals surface area contributed by atoms with E-state index in [2.05, 4.69) is 4.98 Å². The molecule has 10 nitrogen and oxygen atoms in total. The van der Waals surface area contributed by atoms with Gasteiger partial charge in [-0.15, -0.1) is 0 Å². The predicted molar refractivity (Wildman–Crippen MR) is 148 cm³/mol. The Hall–Kier alpha value is -4.31. The SMILES string of the molecule is COc1ccncc1-c1cc2c(cnn2-c2cc3c(c(C4CCCO4)n2)c(C)c(C(=O)N(C)C)n3C)c(C)n1. The first kappa shape index (κ1) is 25.0. The van der Waals surface area contributed by atoms with Gasteiger partial charge in [-0.2, -0.15) is 5.10 Å². The van der Waals surface area contributed by atoms with Gasteiger partial charge in [-0.1, -0.05) is 0 Å². The Morgan fingerprint density at radius 1 is 1.15 bits per heavy atom. The van der Waals surface area contributed by atoms with Gasteiger partial charge in [0.2, 0.25) is 0 Å². The topological polar surface area (TPSA) is 100 Å². The van der Waals surface area contributed by atoms with E-state index in [4.69, 9.17) is 24.5 Å². The maximum absolute atomic E-state index is 13.2. The van der Waals surface area contributed by atoms with Crippen molar-refractivity contribution in [3.05, 3.63) is 59.4 Å². The molecule has 6 heterocycles. The molecule has 0 spiro atoms. The van der Waals surface area contributed by atoms with E-state index >= 15 is 0 Å². The number of rotatable bonds is 5. The summed E-state index contributed by atoms with van der Waals surface area (Å²) < 4.78 is 15.5. The molecule has 1 amide bonds. The van der Waals surface area contributed by atoms with Gasteiger partial charge >= 0.3 is 0 Å². The Balaban J connectivity index is 1.61. The van der Waals surface area contributed by atoms with Crippen molar-refractivity contribution in [3.8, 4) is 22.8 Å². The fraction of sp³-hybridized carbons (Fsp3) is 0.345. The lowest BCUT2D eigenvalue weighted by molar-refractivity contribution is 0.0818. The molecule has 1 atom stereocenters. The minimum absolute atomic E-state index is 0.0488. The molecular formula is C29H31N7O3. The van der Waals surface area contributed by atoms with Gasteiger partial charge in [0.15, 0.2) is 5.82 Å². The molecule has 10 heteroatoms. The molecule has 1 aliphatic rings. The van der Waals surface area contributed by atoms with Crippen LogP contribution < -0.4 is 4.74 Å². The van der Waals surface area contributed by atoms with Gasteiger partial charge in [-0.05, 0) is 44.4 Å². The molecule has 39 heavy (non-hydrogen) atoms. The number of hydrogen-bond acceptors (Lipinski definition) is 7. The van der Waals surface area contributed by atoms with Crippen molar-refractivity contribution >= 4 is 27.7 Å². The van der Waals surface area contributed by atoms with Gasteiger partial charge in [0.25, 0.3) is 5.91 Å². The van der Waals surface area contributed by atoms with E-state index in [9.17, 15) is 4.79 Å². The van der Waals surface area contributed by atoms with E-state index < -0.39 is 0 Å². The minimum atomic E-state index is -0.142. The van der Waals surface area contributed by atoms with E-state index in [1.54, 1.807) is 38.5 Å². The number of amides is 1. The molecular weight excluding hydrogens is 494 g/mol. The third-order valence-electron chi connectivity index (χ3n) is 7.54. The molecule has 0 aromatic carbocycles. The second-order valence-electron chi connectivity index (χ2n) is 10.2. The van der Waals surface area contributed by atoms with E-state index in [0.29, 0.717) is 23.9 Å². The van der Waals surface area contributed by atoms with Crippen LogP contribution in [0.5, 0.6) is 5.75 Å². The van der Waals surface area contributed by atoms with Gasteiger partial charge in [-0.25, -0.2) is 9.67 Å². The van der Waals surface area contributed by atoms with E-state index in [0.717, 1.165) is 62.9 Å². The summed E-state index contributed by atoms with van der Waals surface area (Å²) in [7, 11) is 7.10. The predicted octanol–water partition coefficient (Wildman–Crippen LogP) is 4.55. The van der Waals surface area contributed by atoms with Crippen LogP contribution in [0.4, 0.5) is 0 Å². The summed E-state index contributed by atoms with van der Waals surface area (Å²) in [5, 5.41) is 6.63. The van der Waals surface area contributed by atoms with Gasteiger partial charge in [0.05, 0.1) is 41.3 Å². The number of carbonyl (C=O) groups excluding carboxylic acids is 1. The highest BCUT2D eigenvalue weighted by Crippen LogP contribution is 2.38. The lowest BCUT2D eigenvalue weighted by atomic mass is 10.0. The third-order valence-corrected chi connectivity index (χ3v) is 7.54. The van der Waals surface area contributed by atoms with Crippen molar-refractivity contribution in [1.82, 2.24) is 34.2 Å². The Morgan fingerprint density at radius 3 is 2.69 bits per heavy atom. The number of hydrogen-bond donors (Lipinski definition) is 0. The quantitative estimate of drug-likeness (QED) is 0.332. The van der Waals surface area contributed by atoms with Crippen LogP contribution in [0.1, 0.15) is 46.4 Å². The smallest absolute Gasteiger partial charge is 0.270 e. The fourth-order valence-electron chi connectivity index (χ4n) is 5.58. The summed E-state index contributed by atoms with van der Waals surface area (Å²) in [4.78, 5) is 29.0. The average molecular weight is 526 g/mol. The number of ether oxygens (including phenoxy) is 2. The number of pyridine rings is 3. The Kier molecular flexibility index (Phi) is 6.06. The van der Waals surface area contributed by atoms with Crippen LogP contribution in [-0.2, 0) is 11.8 Å². The zero-order chi connectivity index (χ0) is 27.4. The van der Waals surface area contributed by atoms with Gasteiger partial charge < -0.3 is 18.9 Å². The van der Waals surface area contributed by atoms with Crippen molar-refractivity contribution in [1.29, 1.82) is 0 Å². The Labute approximate surface area is 226 Å². The van der Waals surface area contributed by atoms with Crippen LogP contribution >= 0.6 is 0 Å². The summed E-state index contributed by atoms with van der Waals surface area (Å²) in [6, 6.07) is 5.81. The molecule has 0 radical (unpaired) electrons. The molecule has 0 saturated carbocycles. The minimum Gasteiger partial charge on any atom is -0.496 e. The molecule has 0 N–H and O–H groups in total. The maximum Gasteiger partial charge on any atom is 0.270 e. The molecule has 1 saturated heterocycles. The van der Waals surface area contributed by atoms with Crippen LogP contribution in [0.25, 0.3) is 38.9 Å². The number of carbonyl (C=O) groups is 1. The highest BCUT2D eigenvalue weighted by molar-refractivity contribution is 6.02. The zero-order valence-corrected chi connectivity index (χ0v) is 23.0. The second kappa shape index (κ2) is 9.46. The fourth-order valence-corrected chi connectivity index (χ4v) is 5.58. The standard InChI is InChI=1S/C29H31N7O3/c1-16-26-22(35(5)28(16)29(37)34(3)4)13-25(33-27(26)24-8-7-11-39-24)36-21-12-20(32-17(2)18(21)15-31-36)19-14-30-10-9-23(19)38-6/h9-10,12-15,24H,7-8,11H2,1-6H3. The number of fused-ring (bicyclic) bond motifs is 2. The normalized spacial score (nSPS) is 15.4. The molecule has 0 bridgehead atoms. The van der Waals surface area contributed by atoms with Crippen LogP contribution in [0.2, 0.25) is 0 Å². The van der Waals surface area contributed by atoms with Crippen molar-refractivity contribution in [2.45, 2.75) is 32.8 Å². The average Bonchev–Trinajstić information content (AvgIpc) is 3.67. The first-order valence-electron chi connectivity index (χ1n) is 13.0. The Bertz CT molecular complexity index is 1750. The highest BCUT2D eigenvalue weighted by atomic mass is 16.5. The summed E-state index contributed by atoms with van der Waals surface area (Å²) in [5.74, 6) is 1.30. The molecule has 5 aromatic rings. The highest BCUT2D eigenvalue weighted by Gasteiger charge is 2.29. The number of aromatic nitrogens is 6.